The highest BCUT2D eigenvalue weighted by Gasteiger charge is 2.06. The number of hydrogen-bond acceptors (Lipinski definition) is 4. The van der Waals surface area contributed by atoms with Crippen molar-refractivity contribution < 1.29 is 14.7 Å². The number of aldehydes is 1. The van der Waals surface area contributed by atoms with Gasteiger partial charge in [0.15, 0.2) is 6.29 Å². The van der Waals surface area contributed by atoms with Crippen LogP contribution in [0.1, 0.15) is 42.5 Å². The number of hydrogen-bond donors (Lipinski definition) is 3. The molecule has 1 aliphatic rings. The maximum absolute atomic E-state index is 10.3. The Morgan fingerprint density at radius 2 is 1.74 bits per heavy atom. The molecule has 1 saturated carbocycles. The van der Waals surface area contributed by atoms with Crippen LogP contribution < -0.4 is 11.5 Å². The Kier molecular flexibility index (Phi) is 12.1. The van der Waals surface area contributed by atoms with Crippen LogP contribution in [0.4, 0.5) is 0 Å². The Morgan fingerprint density at radius 3 is 2.09 bits per heavy atom. The lowest BCUT2D eigenvalue weighted by Crippen LogP contribution is -2.22. The Morgan fingerprint density at radius 1 is 1.22 bits per heavy atom. The van der Waals surface area contributed by atoms with Gasteiger partial charge >= 0.3 is 5.97 Å². The highest BCUT2D eigenvalue weighted by atomic mass is 35.5. The zero-order chi connectivity index (χ0) is 17.8. The molecule has 0 aromatic heterocycles. The predicted octanol–water partition coefficient (Wildman–Crippen LogP) is 3.77. The summed E-state index contributed by atoms with van der Waals surface area (Å²) < 4.78 is 0. The third-order valence-corrected chi connectivity index (χ3v) is 4.01. The third-order valence-electron chi connectivity index (χ3n) is 2.97. The van der Waals surface area contributed by atoms with Crippen LogP contribution >= 0.6 is 34.8 Å². The molecule has 5 N–H and O–H groups in total. The number of carboxylic acids is 1. The van der Waals surface area contributed by atoms with Crippen LogP contribution in [0.3, 0.4) is 0 Å². The highest BCUT2D eigenvalue weighted by Crippen LogP contribution is 2.28. The van der Waals surface area contributed by atoms with Gasteiger partial charge in [0.05, 0.1) is 16.6 Å². The van der Waals surface area contributed by atoms with E-state index < -0.39 is 5.97 Å². The standard InChI is InChI=1S/C7H3Cl3O.C6H13N.C2H5NO2/c8-5-1-4(3-11)7(10)6(9)2-5;7-6-4-2-1-3-5-6;3-1-2(4)5/h1-3H;6H,1-5,7H2;1,3H2,(H,4,5). The molecular weight excluding hydrogens is 363 g/mol. The van der Waals surface area contributed by atoms with Gasteiger partial charge in [-0.05, 0) is 25.0 Å². The Hall–Kier alpha value is -0.850. The number of carboxylic acid groups (broad SMARTS) is 1. The second-order valence-electron chi connectivity index (χ2n) is 4.90. The third kappa shape index (κ3) is 10.5. The molecule has 1 aromatic rings. The minimum absolute atomic E-state index is 0.242. The van der Waals surface area contributed by atoms with E-state index >= 15 is 0 Å². The SMILES string of the molecule is NC1CCCCC1.NCC(=O)O.O=Cc1cc(Cl)cc(Cl)c1Cl. The molecule has 0 aliphatic heterocycles. The first-order valence-corrected chi connectivity index (χ1v) is 8.22. The van der Waals surface area contributed by atoms with Gasteiger partial charge in [-0.15, -0.1) is 0 Å². The summed E-state index contributed by atoms with van der Waals surface area (Å²) >= 11 is 16.9. The van der Waals surface area contributed by atoms with Crippen molar-refractivity contribution in [3.8, 4) is 0 Å². The van der Waals surface area contributed by atoms with Crippen LogP contribution in [-0.2, 0) is 4.79 Å². The van der Waals surface area contributed by atoms with E-state index in [0.717, 1.165) is 0 Å². The van der Waals surface area contributed by atoms with Crippen LogP contribution in [0.5, 0.6) is 0 Å². The van der Waals surface area contributed by atoms with Gasteiger partial charge in [-0.1, -0.05) is 54.1 Å². The van der Waals surface area contributed by atoms with Gasteiger partial charge in [0.2, 0.25) is 0 Å². The maximum atomic E-state index is 10.3. The largest absolute Gasteiger partial charge is 0.480 e. The molecule has 130 valence electrons. The maximum Gasteiger partial charge on any atom is 0.317 e. The molecule has 0 unspecified atom stereocenters. The van der Waals surface area contributed by atoms with Crippen LogP contribution in [0.15, 0.2) is 12.1 Å². The van der Waals surface area contributed by atoms with Gasteiger partial charge in [0.25, 0.3) is 0 Å². The van der Waals surface area contributed by atoms with Gasteiger partial charge in [-0.25, -0.2) is 0 Å². The lowest BCUT2D eigenvalue weighted by molar-refractivity contribution is -0.135. The minimum Gasteiger partial charge on any atom is -0.480 e. The van der Waals surface area contributed by atoms with Gasteiger partial charge in [0, 0.05) is 16.6 Å². The normalized spacial score (nSPS) is 14.0. The van der Waals surface area contributed by atoms with E-state index in [1.165, 1.54) is 44.2 Å². The average molecular weight is 384 g/mol. The van der Waals surface area contributed by atoms with Gasteiger partial charge < -0.3 is 16.6 Å². The van der Waals surface area contributed by atoms with Crippen molar-refractivity contribution in [3.63, 3.8) is 0 Å². The molecule has 8 heteroatoms. The quantitative estimate of drug-likeness (QED) is 0.532. The molecule has 0 bridgehead atoms. The van der Waals surface area contributed by atoms with E-state index in [1.807, 2.05) is 0 Å². The molecule has 0 radical (unpaired) electrons. The number of nitrogens with two attached hydrogens (primary N) is 2. The summed E-state index contributed by atoms with van der Waals surface area (Å²) in [6.45, 7) is -0.278. The van der Waals surface area contributed by atoms with E-state index in [-0.39, 0.29) is 11.6 Å². The molecule has 1 aliphatic carbocycles. The van der Waals surface area contributed by atoms with E-state index in [9.17, 15) is 9.59 Å². The molecule has 23 heavy (non-hydrogen) atoms. The van der Waals surface area contributed by atoms with E-state index in [4.69, 9.17) is 45.6 Å². The number of carbonyl (C=O) groups is 2. The molecule has 0 saturated heterocycles. The number of halogens is 3. The van der Waals surface area contributed by atoms with Crippen molar-refractivity contribution in [1.82, 2.24) is 0 Å². The smallest absolute Gasteiger partial charge is 0.317 e. The Balaban J connectivity index is 0.000000347. The Bertz CT molecular complexity index is 507. The second-order valence-corrected chi connectivity index (χ2v) is 6.13. The van der Waals surface area contributed by atoms with Crippen molar-refractivity contribution >= 4 is 47.1 Å². The molecule has 5 nitrogen and oxygen atoms in total. The van der Waals surface area contributed by atoms with Crippen LogP contribution in [0, 0.1) is 0 Å². The number of aliphatic carboxylic acids is 1. The van der Waals surface area contributed by atoms with E-state index in [0.29, 0.717) is 27.9 Å². The number of benzene rings is 1. The number of rotatable bonds is 2. The van der Waals surface area contributed by atoms with Crippen molar-refractivity contribution in [2.24, 2.45) is 11.5 Å². The van der Waals surface area contributed by atoms with Crippen molar-refractivity contribution in [2.75, 3.05) is 6.54 Å². The summed E-state index contributed by atoms with van der Waals surface area (Å²) in [5.74, 6) is -0.968. The molecular formula is C15H21Cl3N2O3. The zero-order valence-electron chi connectivity index (χ0n) is 12.6. The molecule has 1 fully saturated rings. The van der Waals surface area contributed by atoms with E-state index in [1.54, 1.807) is 0 Å². The molecule has 0 heterocycles. The molecule has 1 aromatic carbocycles. The Labute approximate surface area is 150 Å². The lowest BCUT2D eigenvalue weighted by atomic mass is 9.97. The van der Waals surface area contributed by atoms with Crippen molar-refractivity contribution in [3.05, 3.63) is 32.8 Å². The number of carbonyl (C=O) groups excluding carboxylic acids is 1. The molecule has 0 spiro atoms. The van der Waals surface area contributed by atoms with Crippen LogP contribution in [0.2, 0.25) is 15.1 Å². The van der Waals surface area contributed by atoms with Crippen LogP contribution in [-0.4, -0.2) is 29.9 Å². The van der Waals surface area contributed by atoms with E-state index in [2.05, 4.69) is 5.73 Å². The van der Waals surface area contributed by atoms with Gasteiger partial charge in [-0.2, -0.15) is 0 Å². The average Bonchev–Trinajstić information content (AvgIpc) is 2.52. The van der Waals surface area contributed by atoms with Gasteiger partial charge in [-0.3, -0.25) is 9.59 Å². The fraction of sp³-hybridized carbons (Fsp3) is 0.467. The first-order chi connectivity index (χ1) is 10.8. The fourth-order valence-electron chi connectivity index (χ4n) is 1.80. The van der Waals surface area contributed by atoms with Crippen molar-refractivity contribution in [2.45, 2.75) is 38.1 Å². The van der Waals surface area contributed by atoms with Crippen LogP contribution in [0.25, 0.3) is 0 Å². The topological polar surface area (TPSA) is 106 Å². The second kappa shape index (κ2) is 12.6. The molecule has 0 atom stereocenters. The predicted molar refractivity (Wildman–Crippen MR) is 94.6 cm³/mol. The summed E-state index contributed by atoms with van der Waals surface area (Å²) in [6, 6.07) is 3.48. The first-order valence-electron chi connectivity index (χ1n) is 7.09. The highest BCUT2D eigenvalue weighted by molar-refractivity contribution is 6.44. The molecule has 2 rings (SSSR count). The summed E-state index contributed by atoms with van der Waals surface area (Å²) in [6.07, 6.45) is 7.27. The summed E-state index contributed by atoms with van der Waals surface area (Å²) in [4.78, 5) is 19.6. The first kappa shape index (κ1) is 22.1. The summed E-state index contributed by atoms with van der Waals surface area (Å²) in [5, 5.41) is 8.54. The van der Waals surface area contributed by atoms with Gasteiger partial charge in [0.1, 0.15) is 0 Å². The fourth-order valence-corrected chi connectivity index (χ4v) is 2.46. The summed E-state index contributed by atoms with van der Waals surface area (Å²) in [7, 11) is 0. The minimum atomic E-state index is -0.968. The monoisotopic (exact) mass is 382 g/mol. The lowest BCUT2D eigenvalue weighted by Gasteiger charge is -2.15. The van der Waals surface area contributed by atoms with Crippen molar-refractivity contribution in [1.29, 1.82) is 0 Å². The zero-order valence-corrected chi connectivity index (χ0v) is 14.9. The molecule has 0 amide bonds. The summed E-state index contributed by atoms with van der Waals surface area (Å²) in [5.41, 5.74) is 10.5.